The molecule has 0 spiro atoms. The molecular formula is C48H63ClF6N8O7S. The summed E-state index contributed by atoms with van der Waals surface area (Å²) in [7, 11) is 4.29. The average molecular weight is 1050 g/mol. The van der Waals surface area contributed by atoms with Gasteiger partial charge >= 0.3 is 6.18 Å². The molecule has 2 saturated heterocycles. The highest BCUT2D eigenvalue weighted by Crippen LogP contribution is 2.61. The van der Waals surface area contributed by atoms with Crippen LogP contribution in [0.15, 0.2) is 29.9 Å². The van der Waals surface area contributed by atoms with Crippen LogP contribution in [0.25, 0.3) is 10.4 Å². The Kier molecular flexibility index (Phi) is 17.5. The normalized spacial score (nSPS) is 26.3. The molecule has 2 aliphatic carbocycles. The van der Waals surface area contributed by atoms with Gasteiger partial charge < -0.3 is 35.6 Å². The lowest BCUT2D eigenvalue weighted by molar-refractivity contribution is -0.299. The third kappa shape index (κ3) is 12.6. The molecule has 3 heterocycles. The molecule has 23 heteroatoms. The maximum Gasteiger partial charge on any atom is 0.403 e. The first-order valence-electron chi connectivity index (χ1n) is 24.0. The molecule has 2 saturated carbocycles. The van der Waals surface area contributed by atoms with Gasteiger partial charge in [-0.15, -0.1) is 11.3 Å². The molecule has 2 aliphatic heterocycles. The molecule has 4 fully saturated rings. The largest absolute Gasteiger partial charge is 0.403 e. The number of likely N-dealkylation sites (tertiary alicyclic amines) is 1. The van der Waals surface area contributed by atoms with Crippen LogP contribution in [0.4, 0.5) is 26.3 Å². The minimum atomic E-state index is -5.42. The molecule has 71 heavy (non-hydrogen) atoms. The first kappa shape index (κ1) is 55.3. The molecule has 3 N–H and O–H groups in total. The summed E-state index contributed by atoms with van der Waals surface area (Å²) in [5.74, 6) is -10.4. The molecule has 7 atom stereocenters. The van der Waals surface area contributed by atoms with Crippen molar-refractivity contribution in [2.75, 3.05) is 34.2 Å². The average Bonchev–Trinajstić information content (AvgIpc) is 3.95. The van der Waals surface area contributed by atoms with Crippen molar-refractivity contribution in [2.45, 2.75) is 152 Å². The Morgan fingerprint density at radius 2 is 1.68 bits per heavy atom. The predicted octanol–water partition coefficient (Wildman–Crippen LogP) is 5.93. The topological polar surface area (TPSA) is 181 Å². The van der Waals surface area contributed by atoms with E-state index in [2.05, 4.69) is 20.9 Å². The van der Waals surface area contributed by atoms with E-state index in [0.717, 1.165) is 16.2 Å². The van der Waals surface area contributed by atoms with Crippen molar-refractivity contribution in [3.63, 3.8) is 0 Å². The smallest absolute Gasteiger partial charge is 0.344 e. The Bertz CT molecular complexity index is 2300. The second-order valence-electron chi connectivity index (χ2n) is 20.2. The maximum absolute atomic E-state index is 15.0. The van der Waals surface area contributed by atoms with E-state index in [-0.39, 0.29) is 50.5 Å². The van der Waals surface area contributed by atoms with Gasteiger partial charge in [-0.3, -0.25) is 38.5 Å². The lowest BCUT2D eigenvalue weighted by Crippen LogP contribution is -2.65. The van der Waals surface area contributed by atoms with Gasteiger partial charge in [-0.25, -0.2) is 13.2 Å². The number of likely N-dealkylation sites (N-methyl/N-ethyl adjacent to an activating group) is 3. The van der Waals surface area contributed by atoms with E-state index in [9.17, 15) is 55.5 Å². The van der Waals surface area contributed by atoms with Crippen molar-refractivity contribution in [1.82, 2.24) is 40.5 Å². The zero-order valence-electron chi connectivity index (χ0n) is 40.6. The van der Waals surface area contributed by atoms with Gasteiger partial charge in [0.15, 0.2) is 5.41 Å². The van der Waals surface area contributed by atoms with E-state index in [1.54, 1.807) is 37.0 Å². The number of thiazole rings is 1. The van der Waals surface area contributed by atoms with Gasteiger partial charge in [0.2, 0.25) is 41.4 Å². The van der Waals surface area contributed by atoms with Gasteiger partial charge in [-0.2, -0.15) is 13.2 Å². The van der Waals surface area contributed by atoms with Crippen LogP contribution < -0.4 is 16.0 Å². The lowest BCUT2D eigenvalue weighted by Gasteiger charge is -2.48. The van der Waals surface area contributed by atoms with Gasteiger partial charge in [0.05, 0.1) is 16.9 Å². The number of halogens is 7. The number of aromatic nitrogens is 1. The third-order valence-electron chi connectivity index (χ3n) is 14.4. The minimum absolute atomic E-state index is 0.00125. The van der Waals surface area contributed by atoms with Crippen LogP contribution in [0, 0.1) is 17.3 Å². The summed E-state index contributed by atoms with van der Waals surface area (Å²) in [6.07, 6.45) is -7.39. The van der Waals surface area contributed by atoms with Gasteiger partial charge in [0.1, 0.15) is 42.4 Å². The molecule has 0 bridgehead atoms. The Hall–Kier alpha value is -4.99. The van der Waals surface area contributed by atoms with Crippen molar-refractivity contribution in [3.8, 4) is 10.4 Å². The van der Waals surface area contributed by atoms with Gasteiger partial charge in [-0.1, -0.05) is 50.8 Å². The summed E-state index contributed by atoms with van der Waals surface area (Å²) in [5, 5.41) is 8.54. The van der Waals surface area contributed by atoms with Crippen molar-refractivity contribution >= 4 is 64.3 Å². The number of carbonyl (C=O) groups excluding carboxylic acids is 7. The Morgan fingerprint density at radius 1 is 0.986 bits per heavy atom. The highest BCUT2D eigenvalue weighted by atomic mass is 35.5. The standard InChI is InChI=1S/C48H63ClF6N8O7S/c1-26(2)16-33-43(68)62(6)36(19-29-18-30(49)13-14-32(29)38-21-56-25-71-38)40(65)57-27(3)42(67)60(4)15-8-7-12-35(39(64)58-33)61(5)44(69)34(17-28-10-9-11-28)59-41(66)37-20-31(50)22-63(37)45(70)46(48(53,54)55)23-47(51,52)24-46/h13-14,18,21,25-28,31,33-37H,7-12,15-17,19-20,22-24H2,1-6H3,(H,57,65)(H,58,64)(H,59,66)/t27-,31-,33+,34+,35+,36+,37+/m1/s1. The summed E-state index contributed by atoms with van der Waals surface area (Å²) < 4.78 is 85.9. The molecule has 392 valence electrons. The number of rotatable bonds is 12. The summed E-state index contributed by atoms with van der Waals surface area (Å²) in [6, 6.07) is -2.93. The van der Waals surface area contributed by atoms with Crippen LogP contribution in [-0.2, 0) is 40.0 Å². The van der Waals surface area contributed by atoms with Crippen molar-refractivity contribution in [1.29, 1.82) is 0 Å². The number of carbonyl (C=O) groups is 7. The second-order valence-corrected chi connectivity index (χ2v) is 21.5. The zero-order chi connectivity index (χ0) is 52.3. The van der Waals surface area contributed by atoms with Crippen LogP contribution in [-0.4, -0.2) is 155 Å². The first-order chi connectivity index (χ1) is 33.2. The van der Waals surface area contributed by atoms with Crippen LogP contribution in [0.3, 0.4) is 0 Å². The number of amides is 7. The van der Waals surface area contributed by atoms with E-state index < -0.39 is 127 Å². The van der Waals surface area contributed by atoms with Gasteiger partial charge in [0, 0.05) is 64.6 Å². The van der Waals surface area contributed by atoms with E-state index in [1.807, 2.05) is 13.8 Å². The fourth-order valence-electron chi connectivity index (χ4n) is 10.1. The molecule has 15 nitrogen and oxygen atoms in total. The summed E-state index contributed by atoms with van der Waals surface area (Å²) in [6.45, 7) is 4.42. The monoisotopic (exact) mass is 1040 g/mol. The molecule has 1 aromatic carbocycles. The highest BCUT2D eigenvalue weighted by molar-refractivity contribution is 7.13. The summed E-state index contributed by atoms with van der Waals surface area (Å²) in [5.41, 5.74) is -0.554. The number of nitrogens with one attached hydrogen (secondary N) is 3. The molecule has 2 aromatic rings. The van der Waals surface area contributed by atoms with E-state index in [1.165, 1.54) is 42.2 Å². The first-order valence-corrected chi connectivity index (χ1v) is 25.3. The van der Waals surface area contributed by atoms with E-state index in [0.29, 0.717) is 40.3 Å². The molecule has 6 rings (SSSR count). The van der Waals surface area contributed by atoms with Gasteiger partial charge in [0.25, 0.3) is 5.92 Å². The Morgan fingerprint density at radius 3 is 2.27 bits per heavy atom. The third-order valence-corrected chi connectivity index (χ3v) is 15.4. The number of benzene rings is 1. The van der Waals surface area contributed by atoms with Crippen molar-refractivity contribution in [2.24, 2.45) is 17.3 Å². The lowest BCUT2D eigenvalue weighted by atomic mass is 9.64. The van der Waals surface area contributed by atoms with Crippen LogP contribution in [0.5, 0.6) is 0 Å². The molecule has 4 aliphatic rings. The quantitative estimate of drug-likeness (QED) is 0.219. The minimum Gasteiger partial charge on any atom is -0.344 e. The molecule has 0 unspecified atom stereocenters. The molecular weight excluding hydrogens is 982 g/mol. The Labute approximate surface area is 418 Å². The number of nitrogens with zero attached hydrogens (tertiary/aromatic N) is 5. The van der Waals surface area contributed by atoms with Gasteiger partial charge in [-0.05, 0) is 74.1 Å². The molecule has 0 radical (unpaired) electrons. The van der Waals surface area contributed by atoms with E-state index in [4.69, 9.17) is 11.6 Å². The van der Waals surface area contributed by atoms with Crippen LogP contribution in [0.1, 0.15) is 97.0 Å². The predicted molar refractivity (Wildman–Crippen MR) is 251 cm³/mol. The highest BCUT2D eigenvalue weighted by Gasteiger charge is 2.75. The summed E-state index contributed by atoms with van der Waals surface area (Å²) in [4.78, 5) is 109. The molecule has 1 aromatic heterocycles. The number of hydrogen-bond donors (Lipinski definition) is 3. The van der Waals surface area contributed by atoms with Crippen LogP contribution >= 0.6 is 22.9 Å². The SMILES string of the molecule is CC(C)C[C@@H]1NC(=O)[C@@H](N(C)C(=O)[C@H](CC2CCC2)NC(=O)[C@@H]2C[C@@H](F)CN2C(=O)C2(C(F)(F)F)CC(F)(F)C2)CCCCN(C)C(=O)[C@@H](C)NC(=O)[C@H](Cc2cc(Cl)ccc2-c2cncs2)N(C)C1=O. The maximum atomic E-state index is 15.0. The second kappa shape index (κ2) is 22.4. The fraction of sp³-hybridized carbons (Fsp3) is 0.667. The van der Waals surface area contributed by atoms with Crippen molar-refractivity contribution < 1.29 is 59.9 Å². The fourth-order valence-corrected chi connectivity index (χ4v) is 11.0. The number of alkyl halides is 6. The number of hydrogen-bond acceptors (Lipinski definition) is 9. The zero-order valence-corrected chi connectivity index (χ0v) is 42.2. The summed E-state index contributed by atoms with van der Waals surface area (Å²) >= 11 is 7.83. The van der Waals surface area contributed by atoms with E-state index >= 15 is 4.39 Å². The van der Waals surface area contributed by atoms with Crippen LogP contribution in [0.2, 0.25) is 5.02 Å². The van der Waals surface area contributed by atoms with Crippen molar-refractivity contribution in [3.05, 3.63) is 40.5 Å². The Balaban J connectivity index is 1.29. The molecule has 7 amide bonds.